The molecule has 2 aromatic rings. The summed E-state index contributed by atoms with van der Waals surface area (Å²) in [6, 6.07) is 10.9. The Labute approximate surface area is 139 Å². The Morgan fingerprint density at radius 1 is 1.17 bits per heavy atom. The molecule has 1 aromatic heterocycles. The number of carbonyl (C=O) groups excluding carboxylic acids is 1. The largest absolute Gasteiger partial charge is 0.336 e. The molecule has 0 saturated carbocycles. The molecular weight excluding hydrogens is 330 g/mol. The molecule has 1 saturated heterocycles. The number of rotatable bonds is 3. The van der Waals surface area contributed by atoms with Gasteiger partial charge in [-0.05, 0) is 24.6 Å². The molecule has 24 heavy (non-hydrogen) atoms. The molecule has 0 bridgehead atoms. The van der Waals surface area contributed by atoms with Gasteiger partial charge in [0.2, 0.25) is 0 Å². The predicted octanol–water partition coefficient (Wildman–Crippen LogP) is 0.469. The van der Waals surface area contributed by atoms with E-state index in [4.69, 9.17) is 0 Å². The Balaban J connectivity index is 1.79. The van der Waals surface area contributed by atoms with Gasteiger partial charge in [-0.2, -0.15) is 5.10 Å². The number of carbonyl (C=O) groups is 1. The lowest BCUT2D eigenvalue weighted by Gasteiger charge is -2.16. The molecule has 1 aromatic carbocycles. The lowest BCUT2D eigenvalue weighted by Crippen LogP contribution is -2.33. The fraction of sp³-hybridized carbons (Fsp3) is 0.312. The van der Waals surface area contributed by atoms with Gasteiger partial charge in [-0.3, -0.25) is 9.59 Å². The van der Waals surface area contributed by atoms with Crippen molar-refractivity contribution in [2.75, 3.05) is 13.1 Å². The van der Waals surface area contributed by atoms with E-state index >= 15 is 0 Å². The Kier molecular flexibility index (Phi) is 4.23. The van der Waals surface area contributed by atoms with Crippen LogP contribution in [0.25, 0.3) is 0 Å². The van der Waals surface area contributed by atoms with E-state index in [0.29, 0.717) is 13.0 Å². The van der Waals surface area contributed by atoms with E-state index in [9.17, 15) is 18.0 Å². The normalized spacial score (nSPS) is 17.9. The molecule has 0 radical (unpaired) electrons. The Hall–Kier alpha value is -2.48. The maximum absolute atomic E-state index is 12.6. The van der Waals surface area contributed by atoms with Crippen LogP contribution in [-0.2, 0) is 16.9 Å². The highest BCUT2D eigenvalue weighted by molar-refractivity contribution is 7.92. The maximum atomic E-state index is 12.6. The second kappa shape index (κ2) is 6.20. The molecule has 1 amide bonds. The average molecular weight is 347 g/mol. The minimum Gasteiger partial charge on any atom is -0.336 e. The van der Waals surface area contributed by atoms with E-state index in [-0.39, 0.29) is 28.6 Å². The van der Waals surface area contributed by atoms with Crippen LogP contribution in [0.4, 0.5) is 0 Å². The second-order valence-corrected chi connectivity index (χ2v) is 7.93. The van der Waals surface area contributed by atoms with E-state index in [2.05, 4.69) is 5.10 Å². The zero-order chi connectivity index (χ0) is 17.3. The fourth-order valence-electron chi connectivity index (χ4n) is 2.75. The average Bonchev–Trinajstić information content (AvgIpc) is 3.08. The predicted molar refractivity (Wildman–Crippen MR) is 87.4 cm³/mol. The molecule has 2 heterocycles. The molecule has 0 aliphatic carbocycles. The van der Waals surface area contributed by atoms with Crippen LogP contribution < -0.4 is 5.56 Å². The summed E-state index contributed by atoms with van der Waals surface area (Å²) in [6.45, 7) is 0.473. The Morgan fingerprint density at radius 3 is 2.54 bits per heavy atom. The summed E-state index contributed by atoms with van der Waals surface area (Å²) in [7, 11) is -2.01. The summed E-state index contributed by atoms with van der Waals surface area (Å²) in [6.07, 6.45) is 0.384. The molecule has 1 unspecified atom stereocenters. The third kappa shape index (κ3) is 2.96. The number of benzene rings is 1. The van der Waals surface area contributed by atoms with Gasteiger partial charge in [0.05, 0.1) is 10.1 Å². The summed E-state index contributed by atoms with van der Waals surface area (Å²) >= 11 is 0. The van der Waals surface area contributed by atoms with E-state index in [1.807, 2.05) is 0 Å². The Morgan fingerprint density at radius 2 is 1.88 bits per heavy atom. The highest BCUT2D eigenvalue weighted by atomic mass is 32.2. The van der Waals surface area contributed by atoms with Crippen molar-refractivity contribution in [2.45, 2.75) is 16.6 Å². The zero-order valence-electron chi connectivity index (χ0n) is 13.1. The molecule has 3 rings (SSSR count). The van der Waals surface area contributed by atoms with Crippen molar-refractivity contribution >= 4 is 15.7 Å². The van der Waals surface area contributed by atoms with Crippen molar-refractivity contribution < 1.29 is 13.2 Å². The number of likely N-dealkylation sites (tertiary alicyclic amines) is 1. The van der Waals surface area contributed by atoms with Gasteiger partial charge in [-0.1, -0.05) is 18.2 Å². The van der Waals surface area contributed by atoms with Crippen LogP contribution in [0, 0.1) is 0 Å². The van der Waals surface area contributed by atoms with Gasteiger partial charge < -0.3 is 4.90 Å². The maximum Gasteiger partial charge on any atom is 0.274 e. The molecule has 126 valence electrons. The van der Waals surface area contributed by atoms with Crippen molar-refractivity contribution in [1.82, 2.24) is 14.7 Å². The van der Waals surface area contributed by atoms with E-state index in [0.717, 1.165) is 4.68 Å². The lowest BCUT2D eigenvalue weighted by molar-refractivity contribution is 0.0785. The zero-order valence-corrected chi connectivity index (χ0v) is 13.9. The van der Waals surface area contributed by atoms with Gasteiger partial charge in [-0.25, -0.2) is 13.1 Å². The highest BCUT2D eigenvalue weighted by Gasteiger charge is 2.36. The van der Waals surface area contributed by atoms with Crippen LogP contribution in [0.1, 0.15) is 16.9 Å². The molecule has 0 spiro atoms. The number of aromatic nitrogens is 2. The van der Waals surface area contributed by atoms with Gasteiger partial charge in [0.15, 0.2) is 9.84 Å². The second-order valence-electron chi connectivity index (χ2n) is 5.70. The number of aryl methyl sites for hydroxylation is 1. The smallest absolute Gasteiger partial charge is 0.274 e. The summed E-state index contributed by atoms with van der Waals surface area (Å²) < 4.78 is 26.4. The minimum atomic E-state index is -3.47. The SMILES string of the molecule is Cn1nc(C(=O)N2CCC(S(=O)(=O)c3ccccc3)C2)ccc1=O. The van der Waals surface area contributed by atoms with Crippen molar-refractivity contribution in [1.29, 1.82) is 0 Å². The number of sulfone groups is 1. The van der Waals surface area contributed by atoms with Gasteiger partial charge in [0.1, 0.15) is 5.69 Å². The molecule has 8 heteroatoms. The molecule has 7 nitrogen and oxygen atoms in total. The number of nitrogens with zero attached hydrogens (tertiary/aromatic N) is 3. The van der Waals surface area contributed by atoms with Crippen molar-refractivity contribution in [3.05, 3.63) is 58.5 Å². The van der Waals surface area contributed by atoms with Gasteiger partial charge in [-0.15, -0.1) is 0 Å². The molecule has 0 N–H and O–H groups in total. The van der Waals surface area contributed by atoms with Crippen LogP contribution in [-0.4, -0.2) is 47.3 Å². The molecule has 1 aliphatic heterocycles. The fourth-order valence-corrected chi connectivity index (χ4v) is 4.46. The first-order valence-electron chi connectivity index (χ1n) is 7.52. The van der Waals surface area contributed by atoms with Crippen molar-refractivity contribution in [2.24, 2.45) is 7.05 Å². The first kappa shape index (κ1) is 16.4. The quantitative estimate of drug-likeness (QED) is 0.805. The summed E-state index contributed by atoms with van der Waals surface area (Å²) in [4.78, 5) is 25.6. The molecular formula is C16H17N3O4S. The van der Waals surface area contributed by atoms with Gasteiger partial charge >= 0.3 is 0 Å². The summed E-state index contributed by atoms with van der Waals surface area (Å²) in [5, 5.41) is 3.30. The van der Waals surface area contributed by atoms with Crippen LogP contribution >= 0.6 is 0 Å². The van der Waals surface area contributed by atoms with Crippen LogP contribution in [0.3, 0.4) is 0 Å². The minimum absolute atomic E-state index is 0.126. The van der Waals surface area contributed by atoms with Gasteiger partial charge in [0, 0.05) is 26.2 Å². The highest BCUT2D eigenvalue weighted by Crippen LogP contribution is 2.24. The molecule has 1 fully saturated rings. The lowest BCUT2D eigenvalue weighted by atomic mass is 10.3. The number of amides is 1. The van der Waals surface area contributed by atoms with Crippen LogP contribution in [0.15, 0.2) is 52.2 Å². The standard InChI is InChI=1S/C16H17N3O4S/c1-18-15(20)8-7-14(17-18)16(21)19-10-9-13(11-19)24(22,23)12-5-3-2-4-6-12/h2-8,13H,9-11H2,1H3. The first-order valence-corrected chi connectivity index (χ1v) is 9.07. The molecule has 1 atom stereocenters. The topological polar surface area (TPSA) is 89.3 Å². The van der Waals surface area contributed by atoms with Crippen LogP contribution in [0.2, 0.25) is 0 Å². The monoisotopic (exact) mass is 347 g/mol. The Bertz CT molecular complexity index is 922. The van der Waals surface area contributed by atoms with Crippen LogP contribution in [0.5, 0.6) is 0 Å². The number of hydrogen-bond acceptors (Lipinski definition) is 5. The third-order valence-corrected chi connectivity index (χ3v) is 6.31. The number of hydrogen-bond donors (Lipinski definition) is 0. The van der Waals surface area contributed by atoms with Crippen molar-refractivity contribution in [3.8, 4) is 0 Å². The van der Waals surface area contributed by atoms with Crippen molar-refractivity contribution in [3.63, 3.8) is 0 Å². The van der Waals surface area contributed by atoms with E-state index < -0.39 is 15.1 Å². The third-order valence-electron chi connectivity index (χ3n) is 4.12. The summed E-state index contributed by atoms with van der Waals surface area (Å²) in [5.74, 6) is -0.364. The van der Waals surface area contributed by atoms with E-state index in [1.165, 1.54) is 24.1 Å². The van der Waals surface area contributed by atoms with Gasteiger partial charge in [0.25, 0.3) is 11.5 Å². The summed E-state index contributed by atoms with van der Waals surface area (Å²) in [5.41, 5.74) is -0.174. The molecule has 1 aliphatic rings. The first-order chi connectivity index (χ1) is 11.4. The van der Waals surface area contributed by atoms with E-state index in [1.54, 1.807) is 30.3 Å².